The average Bonchev–Trinajstić information content (AvgIpc) is 2.80. The minimum Gasteiger partial charge on any atom is -0.414 e. The molecule has 6 heteroatoms. The molecule has 0 spiro atoms. The van der Waals surface area contributed by atoms with Crippen molar-refractivity contribution in [2.24, 2.45) is 5.92 Å². The van der Waals surface area contributed by atoms with Gasteiger partial charge in [0.25, 0.3) is 0 Å². The molecule has 2 aromatic rings. The zero-order chi connectivity index (χ0) is 26.0. The molecule has 0 amide bonds. The number of hydrogen-bond acceptors (Lipinski definition) is 3. The maximum absolute atomic E-state index is 13.9. The van der Waals surface area contributed by atoms with Crippen LogP contribution in [-0.4, -0.2) is 40.2 Å². The second kappa shape index (κ2) is 11.3. The van der Waals surface area contributed by atoms with Gasteiger partial charge in [-0.25, -0.2) is 8.42 Å². The maximum Gasteiger partial charge on any atom is 0.243 e. The van der Waals surface area contributed by atoms with E-state index in [4.69, 9.17) is 4.43 Å². The van der Waals surface area contributed by atoms with Crippen LogP contribution in [0.25, 0.3) is 0 Å². The lowest BCUT2D eigenvalue weighted by molar-refractivity contribution is 0.119. The minimum atomic E-state index is -3.63. The molecule has 0 N–H and O–H groups in total. The first kappa shape index (κ1) is 28.1. The summed E-state index contributed by atoms with van der Waals surface area (Å²) in [6, 6.07) is 17.6. The summed E-state index contributed by atoms with van der Waals surface area (Å²) in [6.45, 7) is 18.8. The molecule has 0 bridgehead atoms. The van der Waals surface area contributed by atoms with Crippen molar-refractivity contribution in [1.82, 2.24) is 4.31 Å². The summed E-state index contributed by atoms with van der Waals surface area (Å²) >= 11 is 0. The van der Waals surface area contributed by atoms with Gasteiger partial charge in [-0.3, -0.25) is 0 Å². The molecule has 3 rings (SSSR count). The third-order valence-corrected chi connectivity index (χ3v) is 16.2. The lowest BCUT2D eigenvalue weighted by atomic mass is 9.79. The highest BCUT2D eigenvalue weighted by Gasteiger charge is 2.47. The van der Waals surface area contributed by atoms with Crippen molar-refractivity contribution in [3.63, 3.8) is 0 Å². The van der Waals surface area contributed by atoms with E-state index in [-0.39, 0.29) is 12.0 Å². The summed E-state index contributed by atoms with van der Waals surface area (Å²) in [6.07, 6.45) is 0.773. The summed E-state index contributed by atoms with van der Waals surface area (Å²) in [5.41, 5.74) is 3.71. The van der Waals surface area contributed by atoms with E-state index in [0.717, 1.165) is 12.0 Å². The fraction of sp³-hybridized carbons (Fsp3) is 0.586. The highest BCUT2D eigenvalue weighted by molar-refractivity contribution is 7.89. The van der Waals surface area contributed by atoms with Gasteiger partial charge in [0, 0.05) is 12.6 Å². The van der Waals surface area contributed by atoms with Gasteiger partial charge in [0.2, 0.25) is 10.0 Å². The van der Waals surface area contributed by atoms with Gasteiger partial charge >= 0.3 is 0 Å². The van der Waals surface area contributed by atoms with Crippen LogP contribution in [0, 0.1) is 12.8 Å². The highest BCUT2D eigenvalue weighted by Crippen LogP contribution is 2.44. The van der Waals surface area contributed by atoms with Crippen molar-refractivity contribution >= 4 is 18.3 Å². The van der Waals surface area contributed by atoms with Crippen molar-refractivity contribution in [3.05, 3.63) is 65.7 Å². The zero-order valence-electron chi connectivity index (χ0n) is 22.9. The number of sulfonamides is 1. The maximum atomic E-state index is 13.9. The molecule has 1 aliphatic rings. The van der Waals surface area contributed by atoms with Crippen LogP contribution in [0.3, 0.4) is 0 Å². The molecule has 3 atom stereocenters. The second-order valence-corrected chi connectivity index (χ2v) is 18.8. The molecule has 2 aromatic carbocycles. The molecular weight excluding hydrogens is 470 g/mol. The van der Waals surface area contributed by atoms with Gasteiger partial charge < -0.3 is 4.43 Å². The van der Waals surface area contributed by atoms with E-state index in [1.807, 2.05) is 25.1 Å². The van der Waals surface area contributed by atoms with Gasteiger partial charge in [-0.1, -0.05) is 96.5 Å². The number of nitrogens with zero attached hydrogens (tertiary/aromatic N) is 1. The first-order valence-electron chi connectivity index (χ1n) is 13.2. The van der Waals surface area contributed by atoms with Gasteiger partial charge in [0.05, 0.1) is 11.5 Å². The first-order chi connectivity index (χ1) is 16.4. The van der Waals surface area contributed by atoms with Crippen LogP contribution in [0.5, 0.6) is 0 Å². The predicted octanol–water partition coefficient (Wildman–Crippen LogP) is 7.37. The summed E-state index contributed by atoms with van der Waals surface area (Å²) in [5, 5.41) is 0. The van der Waals surface area contributed by atoms with Crippen molar-refractivity contribution in [1.29, 1.82) is 0 Å². The molecule has 1 heterocycles. The van der Waals surface area contributed by atoms with Gasteiger partial charge in [0.15, 0.2) is 8.32 Å². The topological polar surface area (TPSA) is 46.6 Å². The van der Waals surface area contributed by atoms with Crippen LogP contribution in [0.15, 0.2) is 59.5 Å². The fourth-order valence-electron chi connectivity index (χ4n) is 6.40. The number of aryl methyl sites for hydroxylation is 1. The molecule has 4 nitrogen and oxygen atoms in total. The quantitative estimate of drug-likeness (QED) is 0.328. The normalized spacial score (nSPS) is 22.3. The Bertz CT molecular complexity index is 1030. The Hall–Kier alpha value is -1.47. The SMILES string of the molecule is Cc1ccc(S(=O)(=O)N2C[C@H](C)[C@@H](c3ccccc3)C[C@H]2CO[Si](C(C)C)(C(C)C)C(C)C)cc1. The number of rotatable bonds is 9. The van der Waals surface area contributed by atoms with Gasteiger partial charge in [-0.05, 0) is 59.5 Å². The Morgan fingerprint density at radius 1 is 0.914 bits per heavy atom. The summed E-state index contributed by atoms with van der Waals surface area (Å²) in [7, 11) is -5.75. The van der Waals surface area contributed by atoms with Crippen molar-refractivity contribution < 1.29 is 12.8 Å². The molecule has 0 aliphatic carbocycles. The second-order valence-electron chi connectivity index (χ2n) is 11.4. The van der Waals surface area contributed by atoms with E-state index in [2.05, 4.69) is 72.7 Å². The van der Waals surface area contributed by atoms with E-state index in [0.29, 0.717) is 40.6 Å². The first-order valence-corrected chi connectivity index (χ1v) is 16.8. The number of benzene rings is 2. The van der Waals surface area contributed by atoms with Gasteiger partial charge in [0.1, 0.15) is 0 Å². The Labute approximate surface area is 215 Å². The predicted molar refractivity (Wildman–Crippen MR) is 149 cm³/mol. The third-order valence-electron chi connectivity index (χ3n) is 8.18. The summed E-state index contributed by atoms with van der Waals surface area (Å²) < 4.78 is 36.5. The lowest BCUT2D eigenvalue weighted by Crippen LogP contribution is -2.54. The van der Waals surface area contributed by atoms with E-state index in [9.17, 15) is 8.42 Å². The third kappa shape index (κ3) is 5.76. The molecule has 35 heavy (non-hydrogen) atoms. The molecule has 0 aromatic heterocycles. The zero-order valence-corrected chi connectivity index (χ0v) is 24.7. The average molecular weight is 516 g/mol. The standard InChI is InChI=1S/C29H45NO3SSi/c1-21(2)35(22(3)4,23(5)6)33-20-27-18-29(26-12-10-9-11-13-26)25(8)19-30(27)34(31,32)28-16-14-24(7)15-17-28/h9-17,21-23,25,27,29H,18-20H2,1-8H3/t25-,27-,29-/m0/s1. The van der Waals surface area contributed by atoms with Crippen LogP contribution in [0.1, 0.15) is 71.9 Å². The van der Waals surface area contributed by atoms with Gasteiger partial charge in [-0.2, -0.15) is 4.31 Å². The molecular formula is C29H45NO3SSi. The van der Waals surface area contributed by atoms with Crippen LogP contribution < -0.4 is 0 Å². The molecule has 0 radical (unpaired) electrons. The Kier molecular flexibility index (Phi) is 9.06. The number of hydrogen-bond donors (Lipinski definition) is 0. The highest BCUT2D eigenvalue weighted by atomic mass is 32.2. The van der Waals surface area contributed by atoms with Crippen LogP contribution >= 0.6 is 0 Å². The van der Waals surface area contributed by atoms with E-state index in [1.165, 1.54) is 5.56 Å². The van der Waals surface area contributed by atoms with Crippen LogP contribution in [0.4, 0.5) is 0 Å². The molecule has 1 saturated heterocycles. The fourth-order valence-corrected chi connectivity index (χ4v) is 13.6. The molecule has 194 valence electrons. The Morgan fingerprint density at radius 2 is 1.46 bits per heavy atom. The molecule has 0 unspecified atom stereocenters. The molecule has 1 aliphatic heterocycles. The molecule has 1 fully saturated rings. The smallest absolute Gasteiger partial charge is 0.243 e. The van der Waals surface area contributed by atoms with Crippen LogP contribution in [0.2, 0.25) is 16.6 Å². The van der Waals surface area contributed by atoms with Crippen LogP contribution in [-0.2, 0) is 14.4 Å². The summed E-state index contributed by atoms with van der Waals surface area (Å²) in [4.78, 5) is 0.374. The van der Waals surface area contributed by atoms with Crippen molar-refractivity contribution in [2.45, 2.75) is 95.3 Å². The van der Waals surface area contributed by atoms with Crippen molar-refractivity contribution in [3.8, 4) is 0 Å². The Balaban J connectivity index is 1.99. The lowest BCUT2D eigenvalue weighted by Gasteiger charge is -2.46. The van der Waals surface area contributed by atoms with Gasteiger partial charge in [-0.15, -0.1) is 0 Å². The monoisotopic (exact) mass is 515 g/mol. The summed E-state index contributed by atoms with van der Waals surface area (Å²) in [5.74, 6) is 0.527. The van der Waals surface area contributed by atoms with E-state index in [1.54, 1.807) is 16.4 Å². The Morgan fingerprint density at radius 3 is 1.97 bits per heavy atom. The number of piperidine rings is 1. The minimum absolute atomic E-state index is 0.189. The molecule has 0 saturated carbocycles. The van der Waals surface area contributed by atoms with E-state index < -0.39 is 18.3 Å². The largest absolute Gasteiger partial charge is 0.414 e. The van der Waals surface area contributed by atoms with Crippen molar-refractivity contribution in [2.75, 3.05) is 13.2 Å². The van der Waals surface area contributed by atoms with E-state index >= 15 is 0 Å².